The fourth-order valence-electron chi connectivity index (χ4n) is 3.79. The Morgan fingerprint density at radius 1 is 1.07 bits per heavy atom. The number of hydrogen-bond acceptors (Lipinski definition) is 2. The van der Waals surface area contributed by atoms with Gasteiger partial charge in [0, 0.05) is 35.3 Å². The molecule has 6 heteroatoms. The van der Waals surface area contributed by atoms with E-state index in [1.165, 1.54) is 24.3 Å². The molecule has 5 nitrogen and oxygen atoms in total. The summed E-state index contributed by atoms with van der Waals surface area (Å²) in [6.45, 7) is 0.436. The number of amides is 2. The molecule has 29 heavy (non-hydrogen) atoms. The number of benzene rings is 2. The summed E-state index contributed by atoms with van der Waals surface area (Å²) in [7, 11) is 0. The van der Waals surface area contributed by atoms with Crippen molar-refractivity contribution < 1.29 is 14.0 Å². The van der Waals surface area contributed by atoms with E-state index in [1.54, 1.807) is 11.1 Å². The van der Waals surface area contributed by atoms with E-state index in [-0.39, 0.29) is 23.7 Å². The monoisotopic (exact) mass is 389 g/mol. The minimum atomic E-state index is -0.390. The first kappa shape index (κ1) is 17.7. The second-order valence-corrected chi connectivity index (χ2v) is 7.57. The first-order chi connectivity index (χ1) is 14.1. The lowest BCUT2D eigenvalue weighted by atomic mass is 10.0. The predicted molar refractivity (Wildman–Crippen MR) is 109 cm³/mol. The number of para-hydroxylation sites is 1. The number of carbonyl (C=O) groups excluding carboxylic acids is 2. The maximum Gasteiger partial charge on any atom is 0.257 e. The Kier molecular flexibility index (Phi) is 4.19. The van der Waals surface area contributed by atoms with Crippen molar-refractivity contribution in [2.45, 2.75) is 25.3 Å². The zero-order valence-corrected chi connectivity index (χ0v) is 15.7. The molecule has 0 radical (unpaired) electrons. The standard InChI is InChI=1S/C23H20FN3O2/c24-15-7-5-14(6-8-15)23(29)27-12-11-18-17-3-1-2-4-20(17)26-21(18)19(13-27)22(28)25-16-9-10-16/h1-8,13,16,26H,9-12H2,(H,25,28). The van der Waals surface area contributed by atoms with Gasteiger partial charge in [-0.25, -0.2) is 4.39 Å². The molecule has 0 unspecified atom stereocenters. The third kappa shape index (κ3) is 3.31. The zero-order valence-electron chi connectivity index (χ0n) is 15.7. The van der Waals surface area contributed by atoms with E-state index in [0.717, 1.165) is 35.0 Å². The molecule has 0 bridgehead atoms. The number of aromatic nitrogens is 1. The fraction of sp³-hybridized carbons (Fsp3) is 0.217. The van der Waals surface area contributed by atoms with Crippen molar-refractivity contribution >= 4 is 28.3 Å². The van der Waals surface area contributed by atoms with Crippen molar-refractivity contribution in [2.24, 2.45) is 0 Å². The molecule has 1 fully saturated rings. The van der Waals surface area contributed by atoms with Crippen LogP contribution in [0.1, 0.15) is 34.5 Å². The Labute approximate surface area is 167 Å². The van der Waals surface area contributed by atoms with Crippen LogP contribution in [0.25, 0.3) is 16.5 Å². The molecule has 5 rings (SSSR count). The molecule has 0 saturated heterocycles. The van der Waals surface area contributed by atoms with Gasteiger partial charge in [-0.1, -0.05) is 18.2 Å². The number of hydrogen-bond donors (Lipinski definition) is 2. The minimum absolute atomic E-state index is 0.181. The maximum absolute atomic E-state index is 13.2. The molecular weight excluding hydrogens is 369 g/mol. The molecule has 146 valence electrons. The average molecular weight is 389 g/mol. The Bertz CT molecular complexity index is 1140. The second kappa shape index (κ2) is 6.88. The molecular formula is C23H20FN3O2. The van der Waals surface area contributed by atoms with Crippen molar-refractivity contribution in [3.05, 3.63) is 77.4 Å². The van der Waals surface area contributed by atoms with Gasteiger partial charge in [0.1, 0.15) is 5.82 Å². The number of carbonyl (C=O) groups is 2. The Hall–Kier alpha value is -3.41. The number of fused-ring (bicyclic) bond motifs is 3. The summed E-state index contributed by atoms with van der Waals surface area (Å²) in [6.07, 6.45) is 4.21. The van der Waals surface area contributed by atoms with Gasteiger partial charge < -0.3 is 15.2 Å². The van der Waals surface area contributed by atoms with Gasteiger partial charge >= 0.3 is 0 Å². The quantitative estimate of drug-likeness (QED) is 0.719. The molecule has 1 aromatic heterocycles. The summed E-state index contributed by atoms with van der Waals surface area (Å²) < 4.78 is 13.2. The molecule has 2 aromatic carbocycles. The van der Waals surface area contributed by atoms with Gasteiger partial charge in [0.2, 0.25) is 0 Å². The van der Waals surface area contributed by atoms with Crippen LogP contribution in [-0.4, -0.2) is 34.3 Å². The summed E-state index contributed by atoms with van der Waals surface area (Å²) in [5.41, 5.74) is 3.61. The Balaban J connectivity index is 1.57. The number of H-pyrrole nitrogens is 1. The first-order valence-electron chi connectivity index (χ1n) is 9.79. The molecule has 3 aromatic rings. The molecule has 2 amide bonds. The van der Waals surface area contributed by atoms with Crippen LogP contribution in [0.3, 0.4) is 0 Å². The molecule has 1 saturated carbocycles. The lowest BCUT2D eigenvalue weighted by molar-refractivity contribution is -0.115. The Morgan fingerprint density at radius 2 is 1.83 bits per heavy atom. The minimum Gasteiger partial charge on any atom is -0.354 e. The van der Waals surface area contributed by atoms with Gasteiger partial charge in [-0.15, -0.1) is 0 Å². The number of nitrogens with zero attached hydrogens (tertiary/aromatic N) is 1. The number of nitrogens with one attached hydrogen (secondary N) is 2. The van der Waals surface area contributed by atoms with Crippen molar-refractivity contribution in [2.75, 3.05) is 6.54 Å². The summed E-state index contributed by atoms with van der Waals surface area (Å²) >= 11 is 0. The summed E-state index contributed by atoms with van der Waals surface area (Å²) in [6, 6.07) is 13.6. The van der Waals surface area contributed by atoms with Crippen molar-refractivity contribution in [3.8, 4) is 0 Å². The fourth-order valence-corrected chi connectivity index (χ4v) is 3.79. The van der Waals surface area contributed by atoms with E-state index in [4.69, 9.17) is 0 Å². The Morgan fingerprint density at radius 3 is 2.59 bits per heavy atom. The topological polar surface area (TPSA) is 65.2 Å². The van der Waals surface area contributed by atoms with Crippen molar-refractivity contribution in [3.63, 3.8) is 0 Å². The number of rotatable bonds is 3. The van der Waals surface area contributed by atoms with Gasteiger partial charge in [-0.2, -0.15) is 0 Å². The average Bonchev–Trinajstić information content (AvgIpc) is 3.50. The van der Waals surface area contributed by atoms with Crippen LogP contribution >= 0.6 is 0 Å². The van der Waals surface area contributed by atoms with Crippen molar-refractivity contribution in [1.29, 1.82) is 0 Å². The number of aromatic amines is 1. The van der Waals surface area contributed by atoms with Crippen LogP contribution in [0, 0.1) is 5.82 Å². The van der Waals surface area contributed by atoms with Gasteiger partial charge in [-0.05, 0) is 55.2 Å². The SMILES string of the molecule is O=C(NC1CC1)C1=CN(C(=O)c2ccc(F)cc2)CCc2c1[nH]c1ccccc21. The molecule has 0 atom stereocenters. The molecule has 0 spiro atoms. The lowest BCUT2D eigenvalue weighted by Gasteiger charge is -2.18. The highest BCUT2D eigenvalue weighted by atomic mass is 19.1. The summed E-state index contributed by atoms with van der Waals surface area (Å²) in [5, 5.41) is 4.09. The van der Waals surface area contributed by atoms with E-state index < -0.39 is 0 Å². The molecule has 2 N–H and O–H groups in total. The van der Waals surface area contributed by atoms with Crippen LogP contribution in [0.4, 0.5) is 4.39 Å². The maximum atomic E-state index is 13.2. The largest absolute Gasteiger partial charge is 0.354 e. The molecule has 2 heterocycles. The normalized spacial score (nSPS) is 16.2. The third-order valence-electron chi connectivity index (χ3n) is 5.48. The van der Waals surface area contributed by atoms with E-state index >= 15 is 0 Å². The first-order valence-corrected chi connectivity index (χ1v) is 9.79. The molecule has 1 aliphatic carbocycles. The van der Waals surface area contributed by atoms with Gasteiger partial charge in [0.15, 0.2) is 0 Å². The highest BCUT2D eigenvalue weighted by Gasteiger charge is 2.30. The number of halogens is 1. The van der Waals surface area contributed by atoms with Crippen LogP contribution in [0.15, 0.2) is 54.7 Å². The lowest BCUT2D eigenvalue weighted by Crippen LogP contribution is -2.30. The smallest absolute Gasteiger partial charge is 0.257 e. The van der Waals surface area contributed by atoms with Gasteiger partial charge in [0.25, 0.3) is 11.8 Å². The van der Waals surface area contributed by atoms with Gasteiger partial charge in [-0.3, -0.25) is 9.59 Å². The van der Waals surface area contributed by atoms with E-state index in [1.807, 2.05) is 24.3 Å². The highest BCUT2D eigenvalue weighted by molar-refractivity contribution is 6.21. The summed E-state index contributed by atoms with van der Waals surface area (Å²) in [5.74, 6) is -0.825. The molecule has 1 aliphatic heterocycles. The predicted octanol–water partition coefficient (Wildman–Crippen LogP) is 3.63. The van der Waals surface area contributed by atoms with E-state index in [0.29, 0.717) is 24.1 Å². The van der Waals surface area contributed by atoms with Crippen LogP contribution < -0.4 is 5.32 Å². The third-order valence-corrected chi connectivity index (χ3v) is 5.48. The molecule has 2 aliphatic rings. The van der Waals surface area contributed by atoms with Crippen molar-refractivity contribution in [1.82, 2.24) is 15.2 Å². The van der Waals surface area contributed by atoms with Crippen LogP contribution in [0.5, 0.6) is 0 Å². The zero-order chi connectivity index (χ0) is 20.0. The van der Waals surface area contributed by atoms with E-state index in [9.17, 15) is 14.0 Å². The highest BCUT2D eigenvalue weighted by Crippen LogP contribution is 2.32. The second-order valence-electron chi connectivity index (χ2n) is 7.57. The van der Waals surface area contributed by atoms with Crippen LogP contribution in [-0.2, 0) is 11.2 Å². The van der Waals surface area contributed by atoms with Gasteiger partial charge in [0.05, 0.1) is 11.3 Å². The van der Waals surface area contributed by atoms with E-state index in [2.05, 4.69) is 10.3 Å². The van der Waals surface area contributed by atoms with Crippen LogP contribution in [0.2, 0.25) is 0 Å². The summed E-state index contributed by atoms with van der Waals surface area (Å²) in [4.78, 5) is 30.9.